The predicted octanol–water partition coefficient (Wildman–Crippen LogP) is 0.215. The van der Waals surface area contributed by atoms with Crippen molar-refractivity contribution in [2.45, 2.75) is 6.10 Å². The van der Waals surface area contributed by atoms with Gasteiger partial charge in [0.1, 0.15) is 5.82 Å². The number of ether oxygens (including phenoxy) is 1. The molecule has 1 rings (SSSR count). The van der Waals surface area contributed by atoms with Crippen LogP contribution in [-0.4, -0.2) is 55.9 Å². The summed E-state index contributed by atoms with van der Waals surface area (Å²) in [6.45, 7) is 0.334. The van der Waals surface area contributed by atoms with Gasteiger partial charge in [-0.2, -0.15) is 0 Å². The average Bonchev–Trinajstić information content (AvgIpc) is 2.45. The van der Waals surface area contributed by atoms with Gasteiger partial charge in [0.15, 0.2) is 0 Å². The number of methoxy groups -OCH3 is 1. The van der Waals surface area contributed by atoms with Gasteiger partial charge in [0, 0.05) is 26.3 Å². The molecular formula is C15H19FN2O3. The molecule has 5 nitrogen and oxygen atoms in total. The van der Waals surface area contributed by atoms with Gasteiger partial charge < -0.3 is 20.5 Å². The van der Waals surface area contributed by atoms with Crippen molar-refractivity contribution in [2.24, 2.45) is 5.73 Å². The number of carbonyl (C=O) groups excluding carboxylic acids is 1. The minimum absolute atomic E-state index is 0.0763. The molecule has 1 amide bonds. The third kappa shape index (κ3) is 5.16. The number of halogens is 1. The maximum Gasteiger partial charge on any atom is 0.255 e. The molecule has 0 spiro atoms. The molecule has 0 saturated heterocycles. The fourth-order valence-corrected chi connectivity index (χ4v) is 1.80. The van der Waals surface area contributed by atoms with E-state index >= 15 is 0 Å². The summed E-state index contributed by atoms with van der Waals surface area (Å²) in [5, 5.41) is 9.64. The number of hydrogen-bond donors (Lipinski definition) is 2. The maximum atomic E-state index is 13.4. The van der Waals surface area contributed by atoms with E-state index in [-0.39, 0.29) is 25.3 Å². The molecule has 0 saturated carbocycles. The molecule has 1 atom stereocenters. The Bertz CT molecular complexity index is 552. The number of hydrogen-bond acceptors (Lipinski definition) is 4. The van der Waals surface area contributed by atoms with Crippen LogP contribution in [0.4, 0.5) is 4.39 Å². The van der Waals surface area contributed by atoms with Crippen LogP contribution >= 0.6 is 0 Å². The van der Waals surface area contributed by atoms with Crippen molar-refractivity contribution in [3.63, 3.8) is 0 Å². The molecule has 0 bridgehead atoms. The number of likely N-dealkylation sites (N-methyl/N-ethyl adjacent to an activating group) is 1. The highest BCUT2D eigenvalue weighted by Crippen LogP contribution is 2.13. The molecule has 1 unspecified atom stereocenters. The first kappa shape index (κ1) is 17.1. The Balaban J connectivity index is 2.97. The highest BCUT2D eigenvalue weighted by molar-refractivity contribution is 5.96. The first-order valence-electron chi connectivity index (χ1n) is 6.40. The summed E-state index contributed by atoms with van der Waals surface area (Å²) in [4.78, 5) is 13.6. The minimum Gasteiger partial charge on any atom is -0.389 e. The van der Waals surface area contributed by atoms with E-state index in [4.69, 9.17) is 10.5 Å². The third-order valence-electron chi connectivity index (χ3n) is 2.73. The number of aliphatic hydroxyl groups is 1. The molecule has 0 aliphatic rings. The van der Waals surface area contributed by atoms with Crippen LogP contribution in [0.3, 0.4) is 0 Å². The number of carbonyl (C=O) groups is 1. The molecule has 0 aliphatic carbocycles. The fraction of sp³-hybridized carbons (Fsp3) is 0.400. The second kappa shape index (κ2) is 8.37. The highest BCUT2D eigenvalue weighted by atomic mass is 19.1. The Morgan fingerprint density at radius 1 is 1.57 bits per heavy atom. The number of benzene rings is 1. The van der Waals surface area contributed by atoms with Crippen LogP contribution in [0, 0.1) is 17.7 Å². The number of rotatable bonds is 5. The zero-order valence-corrected chi connectivity index (χ0v) is 12.1. The van der Waals surface area contributed by atoms with E-state index < -0.39 is 17.8 Å². The Hall–Kier alpha value is -1.94. The van der Waals surface area contributed by atoms with Crippen LogP contribution in [0.5, 0.6) is 0 Å². The van der Waals surface area contributed by atoms with Crippen LogP contribution in [0.1, 0.15) is 15.9 Å². The standard InChI is InChI=1S/C15H19FN2O3/c1-18(9-13(19)10-21-2)15(20)14-8-12(16)6-5-11(14)4-3-7-17/h5-6,8,13,19H,7,9-10,17H2,1-2H3. The molecule has 21 heavy (non-hydrogen) atoms. The van der Waals surface area contributed by atoms with Gasteiger partial charge in [0.25, 0.3) is 5.91 Å². The highest BCUT2D eigenvalue weighted by Gasteiger charge is 2.18. The van der Waals surface area contributed by atoms with Gasteiger partial charge in [-0.1, -0.05) is 11.8 Å². The van der Waals surface area contributed by atoms with E-state index in [1.54, 1.807) is 0 Å². The summed E-state index contributed by atoms with van der Waals surface area (Å²) in [6, 6.07) is 3.80. The lowest BCUT2D eigenvalue weighted by Gasteiger charge is -2.21. The Labute approximate surface area is 123 Å². The predicted molar refractivity (Wildman–Crippen MR) is 77.2 cm³/mol. The lowest BCUT2D eigenvalue weighted by molar-refractivity contribution is 0.0380. The normalized spacial score (nSPS) is 11.5. The average molecular weight is 294 g/mol. The van der Waals surface area contributed by atoms with E-state index in [0.29, 0.717) is 5.56 Å². The van der Waals surface area contributed by atoms with Crippen molar-refractivity contribution >= 4 is 5.91 Å². The molecule has 0 aromatic heterocycles. The van der Waals surface area contributed by atoms with Crippen LogP contribution in [0.15, 0.2) is 18.2 Å². The van der Waals surface area contributed by atoms with E-state index in [1.807, 2.05) is 0 Å². The van der Waals surface area contributed by atoms with Crippen molar-refractivity contribution in [1.29, 1.82) is 0 Å². The molecule has 0 radical (unpaired) electrons. The zero-order valence-electron chi connectivity index (χ0n) is 12.1. The van der Waals surface area contributed by atoms with Crippen molar-refractivity contribution in [1.82, 2.24) is 4.90 Å². The summed E-state index contributed by atoms with van der Waals surface area (Å²) in [6.07, 6.45) is -0.809. The molecule has 1 aromatic rings. The quantitative estimate of drug-likeness (QED) is 0.762. The number of nitrogens with zero attached hydrogens (tertiary/aromatic N) is 1. The zero-order chi connectivity index (χ0) is 15.8. The van der Waals surface area contributed by atoms with Gasteiger partial charge in [0.05, 0.1) is 24.8 Å². The summed E-state index contributed by atoms with van der Waals surface area (Å²) in [5.41, 5.74) is 5.85. The summed E-state index contributed by atoms with van der Waals surface area (Å²) < 4.78 is 18.2. The van der Waals surface area contributed by atoms with Crippen LogP contribution in [0.25, 0.3) is 0 Å². The fourth-order valence-electron chi connectivity index (χ4n) is 1.80. The molecule has 3 N–H and O–H groups in total. The van der Waals surface area contributed by atoms with Crippen LogP contribution in [-0.2, 0) is 4.74 Å². The van der Waals surface area contributed by atoms with Gasteiger partial charge in [-0.25, -0.2) is 4.39 Å². The number of aliphatic hydroxyl groups excluding tert-OH is 1. The van der Waals surface area contributed by atoms with Crippen molar-refractivity contribution in [3.8, 4) is 11.8 Å². The molecule has 0 aliphatic heterocycles. The second-order valence-corrected chi connectivity index (χ2v) is 4.49. The van der Waals surface area contributed by atoms with Crippen LogP contribution in [0.2, 0.25) is 0 Å². The van der Waals surface area contributed by atoms with Gasteiger partial charge in [-0.15, -0.1) is 0 Å². The second-order valence-electron chi connectivity index (χ2n) is 4.49. The molecule has 0 heterocycles. The SMILES string of the molecule is COCC(O)CN(C)C(=O)c1cc(F)ccc1C#CCN. The van der Waals surface area contributed by atoms with Crippen molar-refractivity contribution in [3.05, 3.63) is 35.1 Å². The Morgan fingerprint density at radius 2 is 2.29 bits per heavy atom. The summed E-state index contributed by atoms with van der Waals surface area (Å²) in [7, 11) is 2.98. The molecule has 114 valence electrons. The van der Waals surface area contributed by atoms with E-state index in [1.165, 1.54) is 31.2 Å². The third-order valence-corrected chi connectivity index (χ3v) is 2.73. The van der Waals surface area contributed by atoms with Crippen LogP contribution < -0.4 is 5.73 Å². The molecular weight excluding hydrogens is 275 g/mol. The van der Waals surface area contributed by atoms with Gasteiger partial charge in [0.2, 0.25) is 0 Å². The monoisotopic (exact) mass is 294 g/mol. The minimum atomic E-state index is -0.809. The number of amides is 1. The summed E-state index contributed by atoms with van der Waals surface area (Å²) >= 11 is 0. The molecule has 0 fully saturated rings. The first-order chi connectivity index (χ1) is 9.99. The Morgan fingerprint density at radius 3 is 2.90 bits per heavy atom. The van der Waals surface area contributed by atoms with Gasteiger partial charge >= 0.3 is 0 Å². The molecule has 1 aromatic carbocycles. The topological polar surface area (TPSA) is 75.8 Å². The lowest BCUT2D eigenvalue weighted by atomic mass is 10.1. The van der Waals surface area contributed by atoms with Gasteiger partial charge in [-0.3, -0.25) is 4.79 Å². The lowest BCUT2D eigenvalue weighted by Crippen LogP contribution is -2.36. The Kier molecular flexibility index (Phi) is 6.82. The van der Waals surface area contributed by atoms with Crippen molar-refractivity contribution in [2.75, 3.05) is 33.9 Å². The number of nitrogens with two attached hydrogens (primary N) is 1. The maximum absolute atomic E-state index is 13.4. The van der Waals surface area contributed by atoms with E-state index in [9.17, 15) is 14.3 Å². The van der Waals surface area contributed by atoms with E-state index in [0.717, 1.165) is 6.07 Å². The van der Waals surface area contributed by atoms with Gasteiger partial charge in [-0.05, 0) is 18.2 Å². The largest absolute Gasteiger partial charge is 0.389 e. The van der Waals surface area contributed by atoms with E-state index in [2.05, 4.69) is 11.8 Å². The molecule has 6 heteroatoms. The smallest absolute Gasteiger partial charge is 0.255 e. The first-order valence-corrected chi connectivity index (χ1v) is 6.40. The summed E-state index contributed by atoms with van der Waals surface area (Å²) in [5.74, 6) is 4.42. The van der Waals surface area contributed by atoms with Crippen molar-refractivity contribution < 1.29 is 19.0 Å².